The van der Waals surface area contributed by atoms with Gasteiger partial charge in [0.2, 0.25) is 0 Å². The second-order valence-corrected chi connectivity index (χ2v) is 11.6. The first-order valence-corrected chi connectivity index (χ1v) is 18.3. The monoisotopic (exact) mass is 924 g/mol. The lowest BCUT2D eigenvalue weighted by molar-refractivity contribution is -0.151. The Morgan fingerprint density at radius 3 is 1.42 bits per heavy atom. The smallest absolute Gasteiger partial charge is 0.317 e. The van der Waals surface area contributed by atoms with Crippen LogP contribution in [-0.2, 0) is 50.1 Å². The zero-order valence-corrected chi connectivity index (χ0v) is 33.2. The Kier molecular flexibility index (Phi) is 33.0. The summed E-state index contributed by atoms with van der Waals surface area (Å²) in [7, 11) is 1.35. The van der Waals surface area contributed by atoms with E-state index >= 15 is 0 Å². The minimum absolute atomic E-state index is 0.206. The highest BCUT2D eigenvalue weighted by molar-refractivity contribution is 9.10. The van der Waals surface area contributed by atoms with Gasteiger partial charge in [-0.2, -0.15) is 0 Å². The average molecular weight is 929 g/mol. The molecule has 0 bridgehead atoms. The first-order valence-electron chi connectivity index (χ1n) is 12.7. The Labute approximate surface area is 298 Å². The number of esters is 4. The number of methoxy groups -OCH3 is 1. The molecule has 0 atom stereocenters. The number of carbonyl (C=O) groups excluding carboxylic acids is 4. The summed E-state index contributed by atoms with van der Waals surface area (Å²) in [6, 6.07) is 18.1. The van der Waals surface area contributed by atoms with E-state index in [1.54, 1.807) is 6.92 Å². The maximum atomic E-state index is 10.7. The van der Waals surface area contributed by atoms with Gasteiger partial charge in [0.25, 0.3) is 0 Å². The normalized spacial score (nSPS) is 9.37. The van der Waals surface area contributed by atoms with Crippen LogP contribution in [0.25, 0.3) is 0 Å². The molecule has 13 heteroatoms. The Hall–Kier alpha value is -1.28. The highest BCUT2D eigenvalue weighted by Crippen LogP contribution is 2.07. The van der Waals surface area contributed by atoms with E-state index in [1.165, 1.54) is 18.2 Å². The van der Waals surface area contributed by atoms with Crippen molar-refractivity contribution in [3.8, 4) is 0 Å². The Balaban J connectivity index is -0.000000476. The van der Waals surface area contributed by atoms with Gasteiger partial charge in [-0.25, -0.2) is 0 Å². The molecule has 0 aliphatic heterocycles. The van der Waals surface area contributed by atoms with Crippen molar-refractivity contribution in [2.24, 2.45) is 0 Å². The summed E-state index contributed by atoms with van der Waals surface area (Å²) in [5, 5.41) is 2.04. The number of rotatable bonds is 8. The van der Waals surface area contributed by atoms with Gasteiger partial charge in [-0.3, -0.25) is 19.2 Å². The first-order chi connectivity index (χ1) is 20.2. The van der Waals surface area contributed by atoms with Crippen molar-refractivity contribution in [3.63, 3.8) is 0 Å². The summed E-state index contributed by atoms with van der Waals surface area (Å²) in [6.07, 6.45) is 0. The molecule has 43 heavy (non-hydrogen) atoms. The van der Waals surface area contributed by atoms with E-state index in [9.17, 15) is 19.2 Å². The van der Waals surface area contributed by atoms with Crippen LogP contribution < -0.4 is 0 Å². The van der Waals surface area contributed by atoms with Crippen LogP contribution in [0, 0.1) is 6.92 Å². The summed E-state index contributed by atoms with van der Waals surface area (Å²) in [4.78, 5) is 41.3. The van der Waals surface area contributed by atoms with Crippen LogP contribution in [0.1, 0.15) is 44.4 Å². The standard InChI is InChI=1S/C9H9BrO2.C8H9Br.C6H11BrO2.C4H7BrO2.C3H5BrO2/c10-6-9(11)12-7-8-4-2-1-3-5-8;1-7-2-4-8(6-9)5-3-7;1-6(2,3)9-5(8)4-7;1-2-7-4(6)3-5;1-6-3(5)2-4/h1-5H,6-7H2;2-5H,6H2,1H3;4H2,1-3H3;2-3H2,1H3;2H2,1H3. The minimum atomic E-state index is -0.356. The second kappa shape index (κ2) is 30.7. The third kappa shape index (κ3) is 35.1. The Morgan fingerprint density at radius 1 is 0.651 bits per heavy atom. The molecule has 0 saturated carbocycles. The zero-order valence-electron chi connectivity index (χ0n) is 25.3. The molecular weight excluding hydrogens is 888 g/mol. The number of hydrogen-bond acceptors (Lipinski definition) is 8. The fraction of sp³-hybridized carbons (Fsp3) is 0.467. The van der Waals surface area contributed by atoms with E-state index < -0.39 is 0 Å². The molecule has 0 fully saturated rings. The highest BCUT2D eigenvalue weighted by Gasteiger charge is 2.14. The second-order valence-electron chi connectivity index (χ2n) is 8.77. The van der Waals surface area contributed by atoms with Crippen LogP contribution in [0.15, 0.2) is 54.6 Å². The number of benzene rings is 2. The van der Waals surface area contributed by atoms with Crippen molar-refractivity contribution < 1.29 is 38.1 Å². The van der Waals surface area contributed by atoms with Gasteiger partial charge >= 0.3 is 23.9 Å². The van der Waals surface area contributed by atoms with Crippen molar-refractivity contribution in [3.05, 3.63) is 71.3 Å². The van der Waals surface area contributed by atoms with Crippen molar-refractivity contribution in [2.75, 3.05) is 35.0 Å². The molecule has 2 aromatic rings. The van der Waals surface area contributed by atoms with Gasteiger partial charge in [0, 0.05) is 5.33 Å². The fourth-order valence-electron chi connectivity index (χ4n) is 2.08. The molecule has 0 saturated heterocycles. The van der Waals surface area contributed by atoms with Crippen LogP contribution in [0.3, 0.4) is 0 Å². The summed E-state index contributed by atoms with van der Waals surface area (Å²) >= 11 is 15.2. The van der Waals surface area contributed by atoms with Crippen molar-refractivity contribution >= 4 is 104 Å². The first kappa shape index (κ1) is 46.1. The maximum Gasteiger partial charge on any atom is 0.317 e. The van der Waals surface area contributed by atoms with Crippen LogP contribution in [0.4, 0.5) is 0 Å². The SMILES string of the molecule is CC(C)(C)OC(=O)CBr.CCOC(=O)CBr.COC(=O)CBr.Cc1ccc(CBr)cc1.O=C(CBr)OCc1ccccc1. The number of aryl methyl sites for hydroxylation is 1. The van der Waals surface area contributed by atoms with Crippen LogP contribution >= 0.6 is 79.6 Å². The third-order valence-corrected chi connectivity index (χ3v) is 6.39. The van der Waals surface area contributed by atoms with Gasteiger partial charge in [-0.05, 0) is 45.7 Å². The van der Waals surface area contributed by atoms with Gasteiger partial charge in [0.05, 0.1) is 13.7 Å². The van der Waals surface area contributed by atoms with Gasteiger partial charge in [-0.15, -0.1) is 0 Å². The van der Waals surface area contributed by atoms with E-state index in [2.05, 4.69) is 120 Å². The van der Waals surface area contributed by atoms with Crippen LogP contribution in [0.2, 0.25) is 0 Å². The summed E-state index contributed by atoms with van der Waals surface area (Å²) in [5.41, 5.74) is 3.30. The van der Waals surface area contributed by atoms with E-state index in [0.717, 1.165) is 10.9 Å². The van der Waals surface area contributed by atoms with E-state index in [4.69, 9.17) is 9.47 Å². The third-order valence-electron chi connectivity index (χ3n) is 3.91. The lowest BCUT2D eigenvalue weighted by Gasteiger charge is -2.18. The van der Waals surface area contributed by atoms with Crippen LogP contribution in [-0.4, -0.2) is 64.5 Å². The van der Waals surface area contributed by atoms with Crippen molar-refractivity contribution in [1.82, 2.24) is 0 Å². The van der Waals surface area contributed by atoms with Crippen LogP contribution in [0.5, 0.6) is 0 Å². The summed E-state index contributed by atoms with van der Waals surface area (Å²) in [6.45, 7) is 10.2. The van der Waals surface area contributed by atoms with E-state index in [1.807, 2.05) is 51.1 Å². The predicted molar refractivity (Wildman–Crippen MR) is 190 cm³/mol. The van der Waals surface area contributed by atoms with Gasteiger partial charge in [0.15, 0.2) is 0 Å². The number of hydrogen-bond donors (Lipinski definition) is 0. The number of halogens is 5. The molecular formula is C30H41Br5O8. The minimum Gasteiger partial charge on any atom is -0.468 e. The van der Waals surface area contributed by atoms with E-state index in [0.29, 0.717) is 18.5 Å². The molecule has 0 heterocycles. The maximum absolute atomic E-state index is 10.7. The molecule has 0 aromatic heterocycles. The highest BCUT2D eigenvalue weighted by atomic mass is 79.9. The molecule has 0 aliphatic carbocycles. The molecule has 2 rings (SSSR count). The topological polar surface area (TPSA) is 105 Å². The molecule has 0 aliphatic rings. The molecule has 8 nitrogen and oxygen atoms in total. The summed E-state index contributed by atoms with van der Waals surface area (Å²) < 4.78 is 18.5. The lowest BCUT2D eigenvalue weighted by atomic mass is 10.2. The number of alkyl halides is 5. The van der Waals surface area contributed by atoms with Gasteiger partial charge in [0.1, 0.15) is 33.5 Å². The largest absolute Gasteiger partial charge is 0.468 e. The number of carbonyl (C=O) groups is 4. The molecule has 2 aromatic carbocycles. The average Bonchev–Trinajstić information content (AvgIpc) is 3.00. The molecule has 0 radical (unpaired) electrons. The molecule has 0 unspecified atom stereocenters. The van der Waals surface area contributed by atoms with Gasteiger partial charge in [-0.1, -0.05) is 140 Å². The Morgan fingerprint density at radius 2 is 1.12 bits per heavy atom. The molecule has 0 spiro atoms. The fourth-order valence-corrected chi connectivity index (χ4v) is 3.12. The number of ether oxygens (including phenoxy) is 4. The van der Waals surface area contributed by atoms with Gasteiger partial charge < -0.3 is 18.9 Å². The zero-order chi connectivity index (χ0) is 33.7. The Bertz CT molecular complexity index is 992. The van der Waals surface area contributed by atoms with E-state index in [-0.39, 0.29) is 45.5 Å². The van der Waals surface area contributed by atoms with Crippen molar-refractivity contribution in [1.29, 1.82) is 0 Å². The quantitative estimate of drug-likeness (QED) is 0.148. The summed E-state index contributed by atoms with van der Waals surface area (Å²) in [5.74, 6) is -0.904. The molecule has 0 N–H and O–H groups in total. The molecule has 0 amide bonds. The van der Waals surface area contributed by atoms with Crippen molar-refractivity contribution in [2.45, 2.75) is 52.2 Å². The lowest BCUT2D eigenvalue weighted by Crippen LogP contribution is -2.24. The molecule has 244 valence electrons. The predicted octanol–water partition coefficient (Wildman–Crippen LogP) is 8.24.